The number of hydrogen-bond acceptors (Lipinski definition) is 2. The molecule has 4 nitrogen and oxygen atoms in total. The lowest BCUT2D eigenvalue weighted by Gasteiger charge is -2.21. The molecular formula is C17H24N2O2. The molecule has 0 aliphatic carbocycles. The Morgan fingerprint density at radius 2 is 2.10 bits per heavy atom. The lowest BCUT2D eigenvalue weighted by molar-refractivity contribution is -0.131. The Bertz CT molecular complexity index is 616. The van der Waals surface area contributed by atoms with Gasteiger partial charge in [0.1, 0.15) is 12.3 Å². The fourth-order valence-electron chi connectivity index (χ4n) is 2.17. The molecule has 0 saturated heterocycles. The van der Waals surface area contributed by atoms with E-state index in [9.17, 15) is 4.79 Å². The van der Waals surface area contributed by atoms with Crippen LogP contribution in [0.5, 0.6) is 5.75 Å². The third-order valence-corrected chi connectivity index (χ3v) is 3.69. The number of ether oxygens (including phenoxy) is 1. The summed E-state index contributed by atoms with van der Waals surface area (Å²) in [4.78, 5) is 14.0. The van der Waals surface area contributed by atoms with Gasteiger partial charge in [-0.2, -0.15) is 0 Å². The van der Waals surface area contributed by atoms with Gasteiger partial charge in [0, 0.05) is 30.2 Å². The fourth-order valence-corrected chi connectivity index (χ4v) is 2.17. The second-order valence-electron chi connectivity index (χ2n) is 5.61. The van der Waals surface area contributed by atoms with Crippen molar-refractivity contribution in [2.24, 2.45) is 0 Å². The van der Waals surface area contributed by atoms with Crippen LogP contribution in [0.1, 0.15) is 27.2 Å². The van der Waals surface area contributed by atoms with Crippen molar-refractivity contribution >= 4 is 16.8 Å². The Morgan fingerprint density at radius 3 is 2.76 bits per heavy atom. The van der Waals surface area contributed by atoms with Crippen molar-refractivity contribution in [2.75, 3.05) is 13.7 Å². The highest BCUT2D eigenvalue weighted by Crippen LogP contribution is 2.22. The zero-order chi connectivity index (χ0) is 15.4. The van der Waals surface area contributed by atoms with E-state index in [0.717, 1.165) is 29.7 Å². The highest BCUT2D eigenvalue weighted by Gasteiger charge is 2.13. The van der Waals surface area contributed by atoms with Crippen LogP contribution in [-0.2, 0) is 11.3 Å². The average Bonchev–Trinajstić information content (AvgIpc) is 2.86. The van der Waals surface area contributed by atoms with E-state index < -0.39 is 0 Å². The number of aromatic nitrogens is 1. The Kier molecular flexibility index (Phi) is 4.89. The van der Waals surface area contributed by atoms with Gasteiger partial charge in [-0.25, -0.2) is 0 Å². The number of carbonyl (C=O) groups is 1. The normalized spacial score (nSPS) is 11.1. The van der Waals surface area contributed by atoms with Gasteiger partial charge in [0.15, 0.2) is 0 Å². The Hall–Kier alpha value is -1.97. The van der Waals surface area contributed by atoms with Crippen LogP contribution < -0.4 is 4.74 Å². The number of nitrogens with zero attached hydrogens (tertiary/aromatic N) is 2. The number of fused-ring (bicyclic) bond motifs is 1. The molecule has 114 valence electrons. The quantitative estimate of drug-likeness (QED) is 0.817. The van der Waals surface area contributed by atoms with Crippen molar-refractivity contribution in [1.29, 1.82) is 0 Å². The molecule has 0 aliphatic rings. The predicted molar refractivity (Wildman–Crippen MR) is 85.6 cm³/mol. The first kappa shape index (κ1) is 15.4. The van der Waals surface area contributed by atoms with E-state index in [0.29, 0.717) is 6.54 Å². The van der Waals surface area contributed by atoms with E-state index in [1.165, 1.54) is 0 Å². The number of likely N-dealkylation sites (N-methyl/N-ethyl adjacent to an activating group) is 1. The van der Waals surface area contributed by atoms with Crippen LogP contribution in [-0.4, -0.2) is 35.1 Å². The number of carbonyl (C=O) groups excluding carboxylic acids is 1. The summed E-state index contributed by atoms with van der Waals surface area (Å²) >= 11 is 0. The zero-order valence-electron chi connectivity index (χ0n) is 13.3. The highest BCUT2D eigenvalue weighted by molar-refractivity contribution is 5.84. The maximum Gasteiger partial charge on any atom is 0.242 e. The van der Waals surface area contributed by atoms with Crippen LogP contribution in [0, 0.1) is 0 Å². The van der Waals surface area contributed by atoms with Crippen LogP contribution in [0.3, 0.4) is 0 Å². The first-order valence-electron chi connectivity index (χ1n) is 7.50. The van der Waals surface area contributed by atoms with Crippen molar-refractivity contribution < 1.29 is 9.53 Å². The molecule has 0 bridgehead atoms. The van der Waals surface area contributed by atoms with Crippen molar-refractivity contribution in [3.63, 3.8) is 0 Å². The third kappa shape index (κ3) is 3.57. The first-order valence-corrected chi connectivity index (χ1v) is 7.50. The van der Waals surface area contributed by atoms with Gasteiger partial charge >= 0.3 is 0 Å². The van der Waals surface area contributed by atoms with Crippen molar-refractivity contribution in [3.05, 3.63) is 30.5 Å². The molecule has 0 atom stereocenters. The number of amides is 1. The van der Waals surface area contributed by atoms with Gasteiger partial charge in [-0.05, 0) is 44.5 Å². The van der Waals surface area contributed by atoms with Gasteiger partial charge in [-0.15, -0.1) is 0 Å². The maximum absolute atomic E-state index is 12.2. The van der Waals surface area contributed by atoms with Gasteiger partial charge in [-0.3, -0.25) is 4.79 Å². The molecule has 0 spiro atoms. The molecule has 1 aromatic heterocycles. The van der Waals surface area contributed by atoms with Gasteiger partial charge in [0.05, 0.1) is 6.61 Å². The number of rotatable bonds is 6. The molecule has 0 radical (unpaired) electrons. The van der Waals surface area contributed by atoms with Gasteiger partial charge in [-0.1, -0.05) is 6.92 Å². The molecule has 0 fully saturated rings. The molecule has 0 saturated carbocycles. The largest absolute Gasteiger partial charge is 0.494 e. The van der Waals surface area contributed by atoms with Crippen LogP contribution in [0.2, 0.25) is 0 Å². The Labute approximate surface area is 126 Å². The monoisotopic (exact) mass is 288 g/mol. The molecular weight excluding hydrogens is 264 g/mol. The molecule has 1 amide bonds. The molecule has 0 unspecified atom stereocenters. The number of hydrogen-bond donors (Lipinski definition) is 0. The van der Waals surface area contributed by atoms with Crippen molar-refractivity contribution in [1.82, 2.24) is 9.47 Å². The van der Waals surface area contributed by atoms with E-state index in [-0.39, 0.29) is 11.9 Å². The molecule has 1 aromatic carbocycles. The molecule has 0 aliphatic heterocycles. The summed E-state index contributed by atoms with van der Waals surface area (Å²) in [6.07, 6.45) is 2.95. The van der Waals surface area contributed by atoms with Crippen LogP contribution >= 0.6 is 0 Å². The minimum Gasteiger partial charge on any atom is -0.494 e. The second kappa shape index (κ2) is 6.66. The zero-order valence-corrected chi connectivity index (χ0v) is 13.3. The summed E-state index contributed by atoms with van der Waals surface area (Å²) < 4.78 is 7.63. The van der Waals surface area contributed by atoms with E-state index in [1.807, 2.05) is 55.9 Å². The Morgan fingerprint density at radius 1 is 1.33 bits per heavy atom. The topological polar surface area (TPSA) is 34.5 Å². The molecule has 21 heavy (non-hydrogen) atoms. The molecule has 2 rings (SSSR count). The highest BCUT2D eigenvalue weighted by atomic mass is 16.5. The standard InChI is InChI=1S/C17H24N2O2/c1-5-10-21-15-6-7-16-14(11-15)8-9-19(16)12-17(20)18(4)13(2)3/h6-9,11,13H,5,10,12H2,1-4H3. The van der Waals surface area contributed by atoms with Gasteiger partial charge in [0.25, 0.3) is 0 Å². The molecule has 4 heteroatoms. The molecule has 2 aromatic rings. The van der Waals surface area contributed by atoms with E-state index >= 15 is 0 Å². The average molecular weight is 288 g/mol. The smallest absolute Gasteiger partial charge is 0.242 e. The number of benzene rings is 1. The molecule has 0 N–H and O–H groups in total. The lowest BCUT2D eigenvalue weighted by atomic mass is 10.2. The Balaban J connectivity index is 2.17. The summed E-state index contributed by atoms with van der Waals surface area (Å²) in [5, 5.41) is 1.10. The second-order valence-corrected chi connectivity index (χ2v) is 5.61. The van der Waals surface area contributed by atoms with Crippen LogP contribution in [0.15, 0.2) is 30.5 Å². The SMILES string of the molecule is CCCOc1ccc2c(ccn2CC(=O)N(C)C(C)C)c1. The third-order valence-electron chi connectivity index (χ3n) is 3.69. The van der Waals surface area contributed by atoms with Gasteiger partial charge in [0.2, 0.25) is 5.91 Å². The predicted octanol–water partition coefficient (Wildman–Crippen LogP) is 3.30. The lowest BCUT2D eigenvalue weighted by Crippen LogP contribution is -2.35. The van der Waals surface area contributed by atoms with E-state index in [4.69, 9.17) is 4.74 Å². The summed E-state index contributed by atoms with van der Waals surface area (Å²) in [7, 11) is 1.84. The maximum atomic E-state index is 12.2. The van der Waals surface area contributed by atoms with Crippen LogP contribution in [0.4, 0.5) is 0 Å². The minimum absolute atomic E-state index is 0.119. The van der Waals surface area contributed by atoms with Crippen molar-refractivity contribution in [2.45, 2.75) is 39.8 Å². The van der Waals surface area contributed by atoms with Crippen molar-refractivity contribution in [3.8, 4) is 5.75 Å². The fraction of sp³-hybridized carbons (Fsp3) is 0.471. The minimum atomic E-state index is 0.119. The summed E-state index contributed by atoms with van der Waals surface area (Å²) in [6, 6.07) is 8.25. The summed E-state index contributed by atoms with van der Waals surface area (Å²) in [5.74, 6) is 1.00. The van der Waals surface area contributed by atoms with Crippen LogP contribution in [0.25, 0.3) is 10.9 Å². The summed E-state index contributed by atoms with van der Waals surface area (Å²) in [5.41, 5.74) is 1.06. The summed E-state index contributed by atoms with van der Waals surface area (Å²) in [6.45, 7) is 7.22. The van der Waals surface area contributed by atoms with E-state index in [1.54, 1.807) is 4.90 Å². The van der Waals surface area contributed by atoms with Gasteiger partial charge < -0.3 is 14.2 Å². The first-order chi connectivity index (χ1) is 10.0. The van der Waals surface area contributed by atoms with E-state index in [2.05, 4.69) is 6.92 Å². The molecule has 1 heterocycles.